The van der Waals surface area contributed by atoms with Crippen LogP contribution in [0.4, 0.5) is 0 Å². The molecule has 1 atom stereocenters. The number of piperidine rings is 1. The molecule has 4 rings (SSSR count). The highest BCUT2D eigenvalue weighted by molar-refractivity contribution is 5.92. The van der Waals surface area contributed by atoms with Gasteiger partial charge in [0.2, 0.25) is 0 Å². The minimum Gasteiger partial charge on any atom is -0.337 e. The minimum absolute atomic E-state index is 0.0745. The number of H-pyrrole nitrogens is 1. The number of nitrogens with zero attached hydrogens (tertiary/aromatic N) is 5. The van der Waals surface area contributed by atoms with E-state index >= 15 is 0 Å². The third kappa shape index (κ3) is 3.26. The number of benzene rings is 1. The zero-order chi connectivity index (χ0) is 19.7. The van der Waals surface area contributed by atoms with Crippen LogP contribution in [-0.2, 0) is 7.05 Å². The summed E-state index contributed by atoms with van der Waals surface area (Å²) in [6.45, 7) is 1.03. The number of aromatic amines is 1. The van der Waals surface area contributed by atoms with E-state index in [-0.39, 0.29) is 28.8 Å². The first-order valence-electron chi connectivity index (χ1n) is 9.10. The second-order valence-electron chi connectivity index (χ2n) is 6.82. The van der Waals surface area contributed by atoms with Crippen LogP contribution in [0.5, 0.6) is 0 Å². The van der Waals surface area contributed by atoms with Gasteiger partial charge in [0.1, 0.15) is 11.5 Å². The lowest BCUT2D eigenvalue weighted by molar-refractivity contribution is 0.0697. The van der Waals surface area contributed by atoms with Gasteiger partial charge in [0.05, 0.1) is 11.9 Å². The summed E-state index contributed by atoms with van der Waals surface area (Å²) in [5.74, 6) is 0.325. The molecule has 0 aliphatic carbocycles. The van der Waals surface area contributed by atoms with Crippen molar-refractivity contribution in [3.8, 4) is 5.69 Å². The number of aromatic nitrogens is 5. The molecule has 0 spiro atoms. The molecular formula is C19H20N6O3. The quantitative estimate of drug-likeness (QED) is 0.719. The van der Waals surface area contributed by atoms with Gasteiger partial charge in [0, 0.05) is 32.3 Å². The largest absolute Gasteiger partial charge is 0.350 e. The van der Waals surface area contributed by atoms with E-state index in [1.807, 2.05) is 30.3 Å². The molecule has 0 bridgehead atoms. The Morgan fingerprint density at radius 3 is 2.71 bits per heavy atom. The molecule has 1 N–H and O–H groups in total. The molecule has 2 aromatic heterocycles. The number of para-hydroxylation sites is 1. The molecule has 28 heavy (non-hydrogen) atoms. The van der Waals surface area contributed by atoms with E-state index in [9.17, 15) is 14.4 Å². The second-order valence-corrected chi connectivity index (χ2v) is 6.82. The standard InChI is InChI=1S/C19H20N6O3/c1-23-19(28)25(14-7-3-2-4-8-14)17(22-23)13-6-5-9-24(12-13)18(27)15-10-21-16(26)11-20-15/h2-4,7-8,10-11,13H,5-6,9,12H2,1H3,(H,21,26)/t13-/m1/s1. The van der Waals surface area contributed by atoms with Crippen molar-refractivity contribution in [2.75, 3.05) is 13.1 Å². The molecule has 0 unspecified atom stereocenters. The molecule has 1 saturated heterocycles. The molecule has 0 saturated carbocycles. The van der Waals surface area contributed by atoms with Crippen LogP contribution in [0.25, 0.3) is 5.69 Å². The summed E-state index contributed by atoms with van der Waals surface area (Å²) in [6, 6.07) is 9.36. The minimum atomic E-state index is -0.353. The van der Waals surface area contributed by atoms with Gasteiger partial charge < -0.3 is 9.88 Å². The zero-order valence-corrected chi connectivity index (χ0v) is 15.4. The molecule has 1 fully saturated rings. The monoisotopic (exact) mass is 380 g/mol. The van der Waals surface area contributed by atoms with Gasteiger partial charge >= 0.3 is 5.69 Å². The van der Waals surface area contributed by atoms with Crippen molar-refractivity contribution in [3.05, 3.63) is 75.1 Å². The van der Waals surface area contributed by atoms with Gasteiger partial charge in [0.15, 0.2) is 0 Å². The Bertz CT molecular complexity index is 1090. The molecule has 9 nitrogen and oxygen atoms in total. The van der Waals surface area contributed by atoms with Crippen LogP contribution in [0.3, 0.4) is 0 Å². The number of rotatable bonds is 3. The second kappa shape index (κ2) is 7.26. The fraction of sp³-hybridized carbons (Fsp3) is 0.316. The highest BCUT2D eigenvalue weighted by atomic mass is 16.2. The van der Waals surface area contributed by atoms with Gasteiger partial charge in [-0.2, -0.15) is 5.10 Å². The highest BCUT2D eigenvalue weighted by Crippen LogP contribution is 2.27. The predicted molar refractivity (Wildman–Crippen MR) is 102 cm³/mol. The number of amides is 1. The van der Waals surface area contributed by atoms with Crippen molar-refractivity contribution in [3.63, 3.8) is 0 Å². The van der Waals surface area contributed by atoms with Crippen molar-refractivity contribution >= 4 is 5.91 Å². The van der Waals surface area contributed by atoms with Crippen molar-refractivity contribution in [2.24, 2.45) is 7.05 Å². The Morgan fingerprint density at radius 2 is 2.00 bits per heavy atom. The first-order valence-corrected chi connectivity index (χ1v) is 9.10. The van der Waals surface area contributed by atoms with E-state index in [0.717, 1.165) is 24.7 Å². The number of hydrogen-bond acceptors (Lipinski definition) is 5. The van der Waals surface area contributed by atoms with Crippen LogP contribution in [0.2, 0.25) is 0 Å². The van der Waals surface area contributed by atoms with Crippen molar-refractivity contribution in [1.82, 2.24) is 29.2 Å². The Morgan fingerprint density at radius 1 is 1.21 bits per heavy atom. The summed E-state index contributed by atoms with van der Waals surface area (Å²) >= 11 is 0. The molecular weight excluding hydrogens is 360 g/mol. The van der Waals surface area contributed by atoms with Crippen molar-refractivity contribution in [1.29, 1.82) is 0 Å². The van der Waals surface area contributed by atoms with Crippen LogP contribution in [0, 0.1) is 0 Å². The summed E-state index contributed by atoms with van der Waals surface area (Å²) in [4.78, 5) is 44.7. The van der Waals surface area contributed by atoms with E-state index in [1.165, 1.54) is 10.9 Å². The summed E-state index contributed by atoms with van der Waals surface area (Å²) < 4.78 is 2.93. The Hall–Kier alpha value is -3.49. The average molecular weight is 380 g/mol. The predicted octanol–water partition coefficient (Wildman–Crippen LogP) is 0.674. The number of likely N-dealkylation sites (tertiary alicyclic amines) is 1. The van der Waals surface area contributed by atoms with Gasteiger partial charge in [-0.1, -0.05) is 18.2 Å². The van der Waals surface area contributed by atoms with Gasteiger partial charge in [-0.25, -0.2) is 19.0 Å². The first kappa shape index (κ1) is 17.9. The molecule has 1 amide bonds. The number of nitrogens with one attached hydrogen (secondary N) is 1. The lowest BCUT2D eigenvalue weighted by atomic mass is 9.96. The maximum absolute atomic E-state index is 12.8. The number of carbonyl (C=O) groups excluding carboxylic acids is 1. The Kier molecular flexibility index (Phi) is 4.64. The van der Waals surface area contributed by atoms with E-state index in [1.54, 1.807) is 16.5 Å². The number of hydrogen-bond donors (Lipinski definition) is 1. The van der Waals surface area contributed by atoms with E-state index in [0.29, 0.717) is 18.9 Å². The molecule has 9 heteroatoms. The number of carbonyl (C=O) groups is 1. The SMILES string of the molecule is Cn1nc([C@@H]2CCCN(C(=O)c3c[nH]c(=O)cn3)C2)n(-c2ccccc2)c1=O. The van der Waals surface area contributed by atoms with E-state index < -0.39 is 0 Å². The Balaban J connectivity index is 1.65. The fourth-order valence-corrected chi connectivity index (χ4v) is 3.56. The maximum atomic E-state index is 12.8. The summed E-state index contributed by atoms with van der Waals surface area (Å²) in [7, 11) is 1.63. The molecule has 1 aliphatic rings. The molecule has 1 aliphatic heterocycles. The van der Waals surface area contributed by atoms with Gasteiger partial charge in [-0.3, -0.25) is 9.59 Å². The third-order valence-corrected chi connectivity index (χ3v) is 4.93. The molecule has 0 radical (unpaired) electrons. The van der Waals surface area contributed by atoms with Gasteiger partial charge in [-0.05, 0) is 25.0 Å². The van der Waals surface area contributed by atoms with E-state index in [4.69, 9.17) is 0 Å². The van der Waals surface area contributed by atoms with Crippen LogP contribution in [0.15, 0.2) is 52.3 Å². The number of aryl methyl sites for hydroxylation is 1. The molecule has 1 aromatic carbocycles. The lowest BCUT2D eigenvalue weighted by Gasteiger charge is -2.32. The van der Waals surface area contributed by atoms with Crippen LogP contribution in [-0.4, -0.2) is 48.2 Å². The van der Waals surface area contributed by atoms with E-state index in [2.05, 4.69) is 15.1 Å². The Labute approximate surface area is 160 Å². The summed E-state index contributed by atoms with van der Waals surface area (Å²) in [5, 5.41) is 4.45. The molecule has 144 valence electrons. The molecule has 3 heterocycles. The van der Waals surface area contributed by atoms with Gasteiger partial charge in [-0.15, -0.1) is 0 Å². The first-order chi connectivity index (χ1) is 13.5. The van der Waals surface area contributed by atoms with Crippen molar-refractivity contribution in [2.45, 2.75) is 18.8 Å². The van der Waals surface area contributed by atoms with Crippen molar-refractivity contribution < 1.29 is 4.79 Å². The lowest BCUT2D eigenvalue weighted by Crippen LogP contribution is -2.40. The van der Waals surface area contributed by atoms with Gasteiger partial charge in [0.25, 0.3) is 11.5 Å². The summed E-state index contributed by atoms with van der Waals surface area (Å²) in [6.07, 6.45) is 4.04. The normalized spacial score (nSPS) is 16.9. The van der Waals surface area contributed by atoms with Crippen LogP contribution < -0.4 is 11.2 Å². The summed E-state index contributed by atoms with van der Waals surface area (Å²) in [5.41, 5.74) is 0.378. The smallest absolute Gasteiger partial charge is 0.337 e. The third-order valence-electron chi connectivity index (χ3n) is 4.93. The fourth-order valence-electron chi connectivity index (χ4n) is 3.56. The maximum Gasteiger partial charge on any atom is 0.350 e. The zero-order valence-electron chi connectivity index (χ0n) is 15.4. The topological polar surface area (TPSA) is 106 Å². The van der Waals surface area contributed by atoms with Crippen LogP contribution in [0.1, 0.15) is 35.1 Å². The average Bonchev–Trinajstić information content (AvgIpc) is 3.03. The molecule has 3 aromatic rings. The highest BCUT2D eigenvalue weighted by Gasteiger charge is 2.30. The van der Waals surface area contributed by atoms with Crippen LogP contribution >= 0.6 is 0 Å².